The zero-order valence-electron chi connectivity index (χ0n) is 15.8. The molecule has 2 aliphatic heterocycles. The van der Waals surface area contributed by atoms with Gasteiger partial charge in [-0.05, 0) is 37.5 Å². The summed E-state index contributed by atoms with van der Waals surface area (Å²) in [5, 5.41) is 3.41. The average Bonchev–Trinajstić information content (AvgIpc) is 2.98. The zero-order valence-corrected chi connectivity index (χ0v) is 18.1. The fourth-order valence-corrected chi connectivity index (χ4v) is 3.62. The summed E-state index contributed by atoms with van der Waals surface area (Å²) in [4.78, 5) is 21.5. The molecular weight excluding hydrogens is 431 g/mol. The summed E-state index contributed by atoms with van der Waals surface area (Å²) in [6.07, 6.45) is 2.96. The van der Waals surface area contributed by atoms with Crippen molar-refractivity contribution in [3.8, 4) is 0 Å². The molecule has 3 rings (SSSR count). The van der Waals surface area contributed by atoms with Crippen molar-refractivity contribution in [1.29, 1.82) is 0 Å². The fourth-order valence-electron chi connectivity index (χ4n) is 3.62. The second-order valence-corrected chi connectivity index (χ2v) is 7.90. The van der Waals surface area contributed by atoms with E-state index in [0.29, 0.717) is 11.3 Å². The first-order chi connectivity index (χ1) is 11.5. The zero-order chi connectivity index (χ0) is 17.2. The Morgan fingerprint density at radius 1 is 1.24 bits per heavy atom. The first-order valence-electron chi connectivity index (χ1n) is 9.45. The number of aliphatic imine (C=N–C) groups is 1. The summed E-state index contributed by atoms with van der Waals surface area (Å²) < 4.78 is 5.53. The standard InChI is InChI=1S/C18H32N4O2.HI/c1-4-19-17(20-13-14-12-18(14,2)3)22-9-7-21(8-10-22)16(23)15-6-5-11-24-15;/h14-15H,4-13H2,1-3H3,(H,19,20);1H. The lowest BCUT2D eigenvalue weighted by molar-refractivity contribution is -0.142. The average molecular weight is 464 g/mol. The van der Waals surface area contributed by atoms with Crippen LogP contribution in [0.2, 0.25) is 0 Å². The van der Waals surface area contributed by atoms with Gasteiger partial charge in [-0.1, -0.05) is 13.8 Å². The Morgan fingerprint density at radius 3 is 2.40 bits per heavy atom. The molecule has 2 saturated heterocycles. The number of hydrogen-bond donors (Lipinski definition) is 1. The van der Waals surface area contributed by atoms with Crippen molar-refractivity contribution in [2.24, 2.45) is 16.3 Å². The molecule has 6 nitrogen and oxygen atoms in total. The number of carbonyl (C=O) groups is 1. The van der Waals surface area contributed by atoms with Crippen molar-refractivity contribution in [1.82, 2.24) is 15.1 Å². The summed E-state index contributed by atoms with van der Waals surface area (Å²) in [7, 11) is 0. The summed E-state index contributed by atoms with van der Waals surface area (Å²) in [6, 6.07) is 0. The molecule has 1 saturated carbocycles. The van der Waals surface area contributed by atoms with Crippen molar-refractivity contribution in [3.63, 3.8) is 0 Å². The highest BCUT2D eigenvalue weighted by Gasteiger charge is 2.45. The number of guanidine groups is 1. The molecule has 3 fully saturated rings. The summed E-state index contributed by atoms with van der Waals surface area (Å²) in [5.74, 6) is 1.90. The molecule has 1 N–H and O–H groups in total. The molecule has 2 heterocycles. The van der Waals surface area contributed by atoms with Crippen LogP contribution in [0.15, 0.2) is 4.99 Å². The Balaban J connectivity index is 0.00000225. The maximum atomic E-state index is 12.4. The number of halogens is 1. The Bertz CT molecular complexity index is 483. The Hall–Kier alpha value is -0.570. The third-order valence-corrected chi connectivity index (χ3v) is 5.61. The van der Waals surface area contributed by atoms with E-state index in [-0.39, 0.29) is 36.0 Å². The summed E-state index contributed by atoms with van der Waals surface area (Å²) in [6.45, 7) is 12.5. The van der Waals surface area contributed by atoms with Crippen molar-refractivity contribution in [2.75, 3.05) is 45.9 Å². The number of nitrogens with one attached hydrogen (secondary N) is 1. The highest BCUT2D eigenvalue weighted by Crippen LogP contribution is 2.51. The lowest BCUT2D eigenvalue weighted by Gasteiger charge is -2.37. The Morgan fingerprint density at radius 2 is 1.88 bits per heavy atom. The van der Waals surface area contributed by atoms with Crippen LogP contribution >= 0.6 is 24.0 Å². The monoisotopic (exact) mass is 464 g/mol. The van der Waals surface area contributed by atoms with Gasteiger partial charge in [0.1, 0.15) is 6.10 Å². The maximum absolute atomic E-state index is 12.4. The van der Waals surface area contributed by atoms with Crippen LogP contribution in [0.1, 0.15) is 40.0 Å². The molecular formula is C18H33IN4O2. The minimum absolute atomic E-state index is 0. The molecule has 0 aromatic carbocycles. The highest BCUT2D eigenvalue weighted by atomic mass is 127. The van der Waals surface area contributed by atoms with Crippen molar-refractivity contribution in [3.05, 3.63) is 0 Å². The minimum Gasteiger partial charge on any atom is -0.368 e. The normalized spacial score (nSPS) is 28.5. The smallest absolute Gasteiger partial charge is 0.251 e. The molecule has 25 heavy (non-hydrogen) atoms. The van der Waals surface area contributed by atoms with Crippen LogP contribution < -0.4 is 5.32 Å². The fraction of sp³-hybridized carbons (Fsp3) is 0.889. The second-order valence-electron chi connectivity index (χ2n) is 7.90. The lowest BCUT2D eigenvalue weighted by Crippen LogP contribution is -2.55. The molecule has 1 amide bonds. The number of nitrogens with zero attached hydrogens (tertiary/aromatic N) is 3. The number of rotatable bonds is 4. The van der Waals surface area contributed by atoms with E-state index < -0.39 is 0 Å². The van der Waals surface area contributed by atoms with Crippen molar-refractivity contribution >= 4 is 35.8 Å². The third-order valence-electron chi connectivity index (χ3n) is 5.61. The highest BCUT2D eigenvalue weighted by molar-refractivity contribution is 14.0. The van der Waals surface area contributed by atoms with Gasteiger partial charge in [-0.15, -0.1) is 24.0 Å². The van der Waals surface area contributed by atoms with Crippen molar-refractivity contribution < 1.29 is 9.53 Å². The molecule has 2 atom stereocenters. The molecule has 2 unspecified atom stereocenters. The Kier molecular flexibility index (Phi) is 7.37. The van der Waals surface area contributed by atoms with Crippen LogP contribution in [-0.2, 0) is 9.53 Å². The topological polar surface area (TPSA) is 57.2 Å². The van der Waals surface area contributed by atoms with Gasteiger partial charge in [0.25, 0.3) is 5.91 Å². The molecule has 1 aliphatic carbocycles. The van der Waals surface area contributed by atoms with E-state index in [1.807, 2.05) is 4.90 Å². The molecule has 0 bridgehead atoms. The quantitative estimate of drug-likeness (QED) is 0.393. The molecule has 0 spiro atoms. The van der Waals surface area contributed by atoms with Gasteiger partial charge in [-0.2, -0.15) is 0 Å². The minimum atomic E-state index is -0.199. The van der Waals surface area contributed by atoms with Crippen LogP contribution in [0.5, 0.6) is 0 Å². The Labute approximate surface area is 168 Å². The van der Waals surface area contributed by atoms with E-state index in [1.54, 1.807) is 0 Å². The number of amides is 1. The second kappa shape index (κ2) is 8.88. The van der Waals surface area contributed by atoms with Crippen LogP contribution in [0.25, 0.3) is 0 Å². The molecule has 144 valence electrons. The molecule has 0 radical (unpaired) electrons. The summed E-state index contributed by atoms with van der Waals surface area (Å²) in [5.41, 5.74) is 0.465. The van der Waals surface area contributed by atoms with Gasteiger partial charge < -0.3 is 19.9 Å². The van der Waals surface area contributed by atoms with Gasteiger partial charge >= 0.3 is 0 Å². The van der Waals surface area contributed by atoms with Gasteiger partial charge in [-0.3, -0.25) is 9.79 Å². The SMILES string of the molecule is CCNC(=NCC1CC1(C)C)N1CCN(C(=O)C2CCCO2)CC1.I. The maximum Gasteiger partial charge on any atom is 0.251 e. The molecule has 7 heteroatoms. The van der Waals surface area contributed by atoms with Crippen LogP contribution in [0, 0.1) is 11.3 Å². The van der Waals surface area contributed by atoms with Gasteiger partial charge in [0.15, 0.2) is 5.96 Å². The number of carbonyl (C=O) groups excluding carboxylic acids is 1. The van der Waals surface area contributed by atoms with E-state index >= 15 is 0 Å². The first kappa shape index (κ1) is 20.7. The number of piperazine rings is 1. The number of hydrogen-bond acceptors (Lipinski definition) is 3. The first-order valence-corrected chi connectivity index (χ1v) is 9.45. The van der Waals surface area contributed by atoms with E-state index in [0.717, 1.165) is 64.7 Å². The predicted octanol–water partition coefficient (Wildman–Crippen LogP) is 1.94. The van der Waals surface area contributed by atoms with Gasteiger partial charge in [0.05, 0.1) is 0 Å². The van der Waals surface area contributed by atoms with Crippen molar-refractivity contribution in [2.45, 2.75) is 46.1 Å². The van der Waals surface area contributed by atoms with E-state index in [2.05, 4.69) is 31.0 Å². The third kappa shape index (κ3) is 5.21. The van der Waals surface area contributed by atoms with Gasteiger partial charge in [0.2, 0.25) is 0 Å². The summed E-state index contributed by atoms with van der Waals surface area (Å²) >= 11 is 0. The van der Waals surface area contributed by atoms with Crippen LogP contribution in [0.3, 0.4) is 0 Å². The van der Waals surface area contributed by atoms with E-state index in [4.69, 9.17) is 9.73 Å². The lowest BCUT2D eigenvalue weighted by atomic mass is 10.1. The van der Waals surface area contributed by atoms with E-state index in [1.165, 1.54) is 6.42 Å². The van der Waals surface area contributed by atoms with E-state index in [9.17, 15) is 4.79 Å². The van der Waals surface area contributed by atoms with Gasteiger partial charge in [-0.25, -0.2) is 0 Å². The van der Waals surface area contributed by atoms with Gasteiger partial charge in [0, 0.05) is 45.9 Å². The molecule has 0 aromatic rings. The molecule has 3 aliphatic rings. The molecule has 0 aromatic heterocycles. The predicted molar refractivity (Wildman–Crippen MR) is 110 cm³/mol. The largest absolute Gasteiger partial charge is 0.368 e. The number of ether oxygens (including phenoxy) is 1. The van der Waals surface area contributed by atoms with Crippen LogP contribution in [-0.4, -0.2) is 73.6 Å². The van der Waals surface area contributed by atoms with Crippen LogP contribution in [0.4, 0.5) is 0 Å².